The first-order valence-electron chi connectivity index (χ1n) is 7.00. The third-order valence-electron chi connectivity index (χ3n) is 3.53. The van der Waals surface area contributed by atoms with E-state index in [2.05, 4.69) is 19.9 Å². The number of rotatable bonds is 4. The average molecular weight is 276 g/mol. The molecule has 0 saturated carbocycles. The van der Waals surface area contributed by atoms with E-state index in [4.69, 9.17) is 4.74 Å². The third kappa shape index (κ3) is 4.48. The number of carbonyl (C=O) groups is 2. The second kappa shape index (κ2) is 6.69. The lowest BCUT2D eigenvalue weighted by Crippen LogP contribution is -2.30. The van der Waals surface area contributed by atoms with Crippen LogP contribution in [0.15, 0.2) is 35.5 Å². The highest BCUT2D eigenvalue weighted by molar-refractivity contribution is 5.92. The van der Waals surface area contributed by atoms with Crippen LogP contribution in [0.25, 0.3) is 0 Å². The number of ether oxygens (including phenoxy) is 1. The van der Waals surface area contributed by atoms with E-state index in [9.17, 15) is 9.59 Å². The van der Waals surface area contributed by atoms with Crippen LogP contribution in [-0.4, -0.2) is 18.4 Å². The van der Waals surface area contributed by atoms with Crippen LogP contribution < -0.4 is 0 Å². The zero-order chi connectivity index (χ0) is 15.3. The Morgan fingerprint density at radius 3 is 2.70 bits per heavy atom. The molecule has 1 rings (SSSR count). The molecule has 0 radical (unpaired) electrons. The first-order chi connectivity index (χ1) is 9.26. The molecule has 0 aromatic carbocycles. The quantitative estimate of drug-likeness (QED) is 0.447. The van der Waals surface area contributed by atoms with E-state index < -0.39 is 0 Å². The molecule has 0 aromatic rings. The Bertz CT molecular complexity index is 478. The monoisotopic (exact) mass is 276 g/mol. The zero-order valence-electron chi connectivity index (χ0n) is 13.0. The van der Waals surface area contributed by atoms with E-state index >= 15 is 0 Å². The Labute approximate surface area is 121 Å². The fourth-order valence-electron chi connectivity index (χ4n) is 2.65. The molecule has 0 fully saturated rings. The Balaban J connectivity index is 2.85. The molecule has 0 aromatic heterocycles. The number of esters is 1. The van der Waals surface area contributed by atoms with Crippen molar-refractivity contribution in [1.82, 2.24) is 0 Å². The molecule has 20 heavy (non-hydrogen) atoms. The van der Waals surface area contributed by atoms with Crippen LogP contribution in [0, 0.1) is 11.3 Å². The van der Waals surface area contributed by atoms with Crippen molar-refractivity contribution in [2.45, 2.75) is 41.0 Å². The molecule has 0 aliphatic heterocycles. The maximum Gasteiger partial charge on any atom is 0.330 e. The molecule has 1 aliphatic carbocycles. The van der Waals surface area contributed by atoms with Crippen molar-refractivity contribution in [2.75, 3.05) is 6.61 Å². The predicted molar refractivity (Wildman–Crippen MR) is 80.2 cm³/mol. The molecule has 3 heteroatoms. The zero-order valence-corrected chi connectivity index (χ0v) is 13.0. The van der Waals surface area contributed by atoms with E-state index in [1.54, 1.807) is 13.0 Å². The van der Waals surface area contributed by atoms with Gasteiger partial charge < -0.3 is 4.74 Å². The second-order valence-electron chi connectivity index (χ2n) is 6.00. The fraction of sp³-hybridized carbons (Fsp3) is 0.529. The van der Waals surface area contributed by atoms with Crippen LogP contribution in [0.4, 0.5) is 0 Å². The largest absolute Gasteiger partial charge is 0.463 e. The molecule has 0 amide bonds. The molecule has 1 unspecified atom stereocenters. The molecular weight excluding hydrogens is 252 g/mol. The lowest BCUT2D eigenvalue weighted by Gasteiger charge is -2.35. The minimum absolute atomic E-state index is 0.0867. The smallest absolute Gasteiger partial charge is 0.330 e. The van der Waals surface area contributed by atoms with E-state index in [0.29, 0.717) is 13.0 Å². The molecule has 0 saturated heterocycles. The van der Waals surface area contributed by atoms with E-state index in [-0.39, 0.29) is 23.1 Å². The van der Waals surface area contributed by atoms with Gasteiger partial charge in [0.15, 0.2) is 5.78 Å². The van der Waals surface area contributed by atoms with Gasteiger partial charge in [0.25, 0.3) is 0 Å². The third-order valence-corrected chi connectivity index (χ3v) is 3.53. The Morgan fingerprint density at radius 2 is 2.15 bits per heavy atom. The van der Waals surface area contributed by atoms with Crippen LogP contribution in [-0.2, 0) is 14.3 Å². The standard InChI is InChI=1S/C17H24O3/c1-6-20-16(19)9-12(2)7-8-15-13(3)10-14(18)11-17(15,4)5/h7-10,15H,6,11H2,1-5H3/b8-7+,12-9-. The summed E-state index contributed by atoms with van der Waals surface area (Å²) in [6.45, 7) is 10.2. The average Bonchev–Trinajstić information content (AvgIpc) is 2.26. The second-order valence-corrected chi connectivity index (χ2v) is 6.00. The van der Waals surface area contributed by atoms with Crippen molar-refractivity contribution in [3.05, 3.63) is 35.5 Å². The highest BCUT2D eigenvalue weighted by Gasteiger charge is 2.34. The molecule has 3 nitrogen and oxygen atoms in total. The summed E-state index contributed by atoms with van der Waals surface area (Å²) in [6.07, 6.45) is 7.77. The summed E-state index contributed by atoms with van der Waals surface area (Å²) in [5.41, 5.74) is 1.84. The SMILES string of the molecule is CCOC(=O)/C=C(C)\C=C\C1C(C)=CC(=O)CC1(C)C. The van der Waals surface area contributed by atoms with Gasteiger partial charge in [-0.05, 0) is 37.8 Å². The Morgan fingerprint density at radius 1 is 1.50 bits per heavy atom. The van der Waals surface area contributed by atoms with Gasteiger partial charge in [-0.2, -0.15) is 0 Å². The first kappa shape index (κ1) is 16.4. The van der Waals surface area contributed by atoms with Crippen molar-refractivity contribution in [3.8, 4) is 0 Å². The molecular formula is C17H24O3. The van der Waals surface area contributed by atoms with E-state index in [1.807, 2.05) is 19.9 Å². The normalized spacial score (nSPS) is 22.9. The summed E-state index contributed by atoms with van der Waals surface area (Å²) in [7, 11) is 0. The summed E-state index contributed by atoms with van der Waals surface area (Å²) in [4.78, 5) is 23.0. The van der Waals surface area contributed by atoms with Crippen LogP contribution >= 0.6 is 0 Å². The van der Waals surface area contributed by atoms with E-state index in [1.165, 1.54) is 6.08 Å². The highest BCUT2D eigenvalue weighted by Crippen LogP contribution is 2.40. The van der Waals surface area contributed by atoms with Crippen LogP contribution in [0.2, 0.25) is 0 Å². The first-order valence-corrected chi connectivity index (χ1v) is 7.00. The summed E-state index contributed by atoms with van der Waals surface area (Å²) in [6, 6.07) is 0. The van der Waals surface area contributed by atoms with Gasteiger partial charge in [-0.3, -0.25) is 4.79 Å². The molecule has 0 spiro atoms. The number of allylic oxidation sites excluding steroid dienone is 5. The predicted octanol–water partition coefficient (Wildman–Crippen LogP) is 3.61. The summed E-state index contributed by atoms with van der Waals surface area (Å²) < 4.78 is 4.88. The maximum absolute atomic E-state index is 11.6. The molecule has 1 aliphatic rings. The summed E-state index contributed by atoms with van der Waals surface area (Å²) in [5, 5.41) is 0. The molecule has 0 bridgehead atoms. The Kier molecular flexibility index (Phi) is 5.49. The summed E-state index contributed by atoms with van der Waals surface area (Å²) >= 11 is 0. The van der Waals surface area contributed by atoms with E-state index in [0.717, 1.165) is 11.1 Å². The number of ketones is 1. The maximum atomic E-state index is 11.6. The van der Waals surface area contributed by atoms with Gasteiger partial charge in [0, 0.05) is 18.4 Å². The minimum atomic E-state index is -0.319. The lowest BCUT2D eigenvalue weighted by molar-refractivity contribution is -0.137. The summed E-state index contributed by atoms with van der Waals surface area (Å²) in [5.74, 6) is 0.0849. The van der Waals surface area contributed by atoms with Crippen molar-refractivity contribution in [2.24, 2.45) is 11.3 Å². The lowest BCUT2D eigenvalue weighted by atomic mass is 9.68. The minimum Gasteiger partial charge on any atom is -0.463 e. The molecule has 0 heterocycles. The van der Waals surface area contributed by atoms with Crippen molar-refractivity contribution in [1.29, 1.82) is 0 Å². The molecule has 1 atom stereocenters. The number of carbonyl (C=O) groups excluding carboxylic acids is 2. The van der Waals surface area contributed by atoms with Crippen LogP contribution in [0.1, 0.15) is 41.0 Å². The van der Waals surface area contributed by atoms with Gasteiger partial charge in [-0.25, -0.2) is 4.79 Å². The molecule has 0 N–H and O–H groups in total. The fourth-order valence-corrected chi connectivity index (χ4v) is 2.65. The van der Waals surface area contributed by atoms with Gasteiger partial charge in [0.2, 0.25) is 0 Å². The topological polar surface area (TPSA) is 43.4 Å². The van der Waals surface area contributed by atoms with Crippen LogP contribution in [0.3, 0.4) is 0 Å². The van der Waals surface area contributed by atoms with Gasteiger partial charge in [-0.15, -0.1) is 0 Å². The van der Waals surface area contributed by atoms with Crippen molar-refractivity contribution in [3.63, 3.8) is 0 Å². The number of hydrogen-bond acceptors (Lipinski definition) is 3. The molecule has 110 valence electrons. The van der Waals surface area contributed by atoms with Crippen LogP contribution in [0.5, 0.6) is 0 Å². The van der Waals surface area contributed by atoms with Crippen molar-refractivity contribution >= 4 is 11.8 Å². The highest BCUT2D eigenvalue weighted by atomic mass is 16.5. The Hall–Kier alpha value is -1.64. The van der Waals surface area contributed by atoms with Gasteiger partial charge >= 0.3 is 5.97 Å². The number of hydrogen-bond donors (Lipinski definition) is 0. The van der Waals surface area contributed by atoms with Crippen molar-refractivity contribution < 1.29 is 14.3 Å². The van der Waals surface area contributed by atoms with Gasteiger partial charge in [0.1, 0.15) is 0 Å². The van der Waals surface area contributed by atoms with Gasteiger partial charge in [-0.1, -0.05) is 31.6 Å². The van der Waals surface area contributed by atoms with Gasteiger partial charge in [0.05, 0.1) is 6.61 Å².